The Labute approximate surface area is 142 Å². The molecule has 3 rings (SSSR count). The van der Waals surface area contributed by atoms with Crippen LogP contribution in [0.15, 0.2) is 24.3 Å². The Morgan fingerprint density at radius 2 is 2.12 bits per heavy atom. The molecule has 0 radical (unpaired) electrons. The van der Waals surface area contributed by atoms with Crippen LogP contribution < -0.4 is 0 Å². The SMILES string of the molecule is Cc1c(CC(O)CN2CCCC(C(=O)O)C2)c2ccccc2n1C. The number of carbonyl (C=O) groups is 1. The number of aliphatic hydroxyl groups is 1. The van der Waals surface area contributed by atoms with Gasteiger partial charge in [0.1, 0.15) is 0 Å². The first-order valence-electron chi connectivity index (χ1n) is 8.63. The topological polar surface area (TPSA) is 65.7 Å². The summed E-state index contributed by atoms with van der Waals surface area (Å²) in [5, 5.41) is 21.0. The number of likely N-dealkylation sites (tertiary alicyclic amines) is 1. The van der Waals surface area contributed by atoms with E-state index >= 15 is 0 Å². The Balaban J connectivity index is 1.70. The maximum atomic E-state index is 11.2. The van der Waals surface area contributed by atoms with Gasteiger partial charge in [-0.15, -0.1) is 0 Å². The lowest BCUT2D eigenvalue weighted by Gasteiger charge is -2.32. The Hall–Kier alpha value is -1.85. The van der Waals surface area contributed by atoms with E-state index in [1.165, 1.54) is 22.2 Å². The van der Waals surface area contributed by atoms with Gasteiger partial charge in [-0.1, -0.05) is 18.2 Å². The highest BCUT2D eigenvalue weighted by molar-refractivity contribution is 5.85. The van der Waals surface area contributed by atoms with Crippen LogP contribution in [-0.4, -0.2) is 51.4 Å². The minimum atomic E-state index is -0.723. The van der Waals surface area contributed by atoms with E-state index in [1.807, 2.05) is 12.1 Å². The summed E-state index contributed by atoms with van der Waals surface area (Å²) in [6.45, 7) is 4.03. The maximum Gasteiger partial charge on any atom is 0.307 e. The highest BCUT2D eigenvalue weighted by Gasteiger charge is 2.27. The van der Waals surface area contributed by atoms with Gasteiger partial charge in [-0.25, -0.2) is 0 Å². The van der Waals surface area contributed by atoms with Crippen LogP contribution in [0.25, 0.3) is 10.9 Å². The van der Waals surface area contributed by atoms with E-state index < -0.39 is 12.1 Å². The van der Waals surface area contributed by atoms with Gasteiger partial charge in [0, 0.05) is 43.2 Å². The van der Waals surface area contributed by atoms with Gasteiger partial charge in [-0.3, -0.25) is 9.69 Å². The van der Waals surface area contributed by atoms with Crippen molar-refractivity contribution < 1.29 is 15.0 Å². The molecule has 5 heteroatoms. The Morgan fingerprint density at radius 1 is 1.38 bits per heavy atom. The summed E-state index contributed by atoms with van der Waals surface area (Å²) in [5.41, 5.74) is 3.55. The molecule has 24 heavy (non-hydrogen) atoms. The summed E-state index contributed by atoms with van der Waals surface area (Å²) in [6.07, 6.45) is 1.74. The van der Waals surface area contributed by atoms with E-state index in [9.17, 15) is 15.0 Å². The second-order valence-corrected chi connectivity index (χ2v) is 6.94. The number of rotatable bonds is 5. The third kappa shape index (κ3) is 3.32. The van der Waals surface area contributed by atoms with Gasteiger partial charge in [0.05, 0.1) is 12.0 Å². The quantitative estimate of drug-likeness (QED) is 0.882. The summed E-state index contributed by atoms with van der Waals surface area (Å²) in [7, 11) is 2.05. The van der Waals surface area contributed by atoms with Crippen LogP contribution in [0.5, 0.6) is 0 Å². The Morgan fingerprint density at radius 3 is 2.88 bits per heavy atom. The number of benzene rings is 1. The van der Waals surface area contributed by atoms with Crippen molar-refractivity contribution in [3.8, 4) is 0 Å². The fourth-order valence-corrected chi connectivity index (χ4v) is 3.88. The number of aryl methyl sites for hydroxylation is 1. The van der Waals surface area contributed by atoms with Crippen LogP contribution in [0.3, 0.4) is 0 Å². The van der Waals surface area contributed by atoms with Crippen molar-refractivity contribution >= 4 is 16.9 Å². The zero-order chi connectivity index (χ0) is 17.3. The normalized spacial score (nSPS) is 20.4. The molecule has 130 valence electrons. The second kappa shape index (κ2) is 6.95. The minimum absolute atomic E-state index is 0.301. The molecule has 0 amide bonds. The third-order valence-corrected chi connectivity index (χ3v) is 5.29. The minimum Gasteiger partial charge on any atom is -0.481 e. The first-order valence-corrected chi connectivity index (χ1v) is 8.63. The van der Waals surface area contributed by atoms with Crippen molar-refractivity contribution in [2.75, 3.05) is 19.6 Å². The molecular weight excluding hydrogens is 304 g/mol. The number of fused-ring (bicyclic) bond motifs is 1. The van der Waals surface area contributed by atoms with E-state index in [0.717, 1.165) is 19.4 Å². The van der Waals surface area contributed by atoms with Gasteiger partial charge in [0.15, 0.2) is 0 Å². The fourth-order valence-electron chi connectivity index (χ4n) is 3.88. The summed E-state index contributed by atoms with van der Waals surface area (Å²) < 4.78 is 2.17. The van der Waals surface area contributed by atoms with Crippen molar-refractivity contribution in [2.45, 2.75) is 32.3 Å². The summed E-state index contributed by atoms with van der Waals surface area (Å²) in [5.74, 6) is -1.02. The molecule has 2 unspecified atom stereocenters. The molecule has 1 aliphatic heterocycles. The third-order valence-electron chi connectivity index (χ3n) is 5.29. The summed E-state index contributed by atoms with van der Waals surface area (Å²) in [4.78, 5) is 13.3. The van der Waals surface area contributed by atoms with Crippen LogP contribution >= 0.6 is 0 Å². The highest BCUT2D eigenvalue weighted by Crippen LogP contribution is 2.26. The average molecular weight is 330 g/mol. The molecular formula is C19H26N2O3. The number of aromatic nitrogens is 1. The number of para-hydroxylation sites is 1. The molecule has 2 N–H and O–H groups in total. The van der Waals surface area contributed by atoms with Gasteiger partial charge in [-0.05, 0) is 37.9 Å². The first kappa shape index (κ1) is 17.0. The number of carboxylic acid groups (broad SMARTS) is 1. The zero-order valence-corrected chi connectivity index (χ0v) is 14.4. The maximum absolute atomic E-state index is 11.2. The van der Waals surface area contributed by atoms with Crippen molar-refractivity contribution in [1.82, 2.24) is 9.47 Å². The largest absolute Gasteiger partial charge is 0.481 e. The first-order chi connectivity index (χ1) is 11.5. The lowest BCUT2D eigenvalue weighted by atomic mass is 9.97. The zero-order valence-electron chi connectivity index (χ0n) is 14.4. The molecule has 0 bridgehead atoms. The summed E-state index contributed by atoms with van der Waals surface area (Å²) in [6, 6.07) is 8.26. The monoisotopic (exact) mass is 330 g/mol. The number of hydrogen-bond donors (Lipinski definition) is 2. The van der Waals surface area contributed by atoms with Gasteiger partial charge in [-0.2, -0.15) is 0 Å². The molecule has 1 aliphatic rings. The van der Waals surface area contributed by atoms with E-state index in [2.05, 4.69) is 35.6 Å². The Bertz CT molecular complexity index is 738. The molecule has 1 fully saturated rings. The van der Waals surface area contributed by atoms with Gasteiger partial charge in [0.25, 0.3) is 0 Å². The summed E-state index contributed by atoms with van der Waals surface area (Å²) >= 11 is 0. The van der Waals surface area contributed by atoms with Crippen LogP contribution in [0.2, 0.25) is 0 Å². The number of piperidine rings is 1. The molecule has 2 atom stereocenters. The fraction of sp³-hybridized carbons (Fsp3) is 0.526. The number of aliphatic hydroxyl groups excluding tert-OH is 1. The molecule has 2 aromatic rings. The Kier molecular flexibility index (Phi) is 4.92. The predicted octanol–water partition coefficient (Wildman–Crippen LogP) is 2.19. The number of nitrogens with zero attached hydrogens (tertiary/aromatic N) is 2. The van der Waals surface area contributed by atoms with Crippen LogP contribution in [0.4, 0.5) is 0 Å². The predicted molar refractivity (Wildman–Crippen MR) is 94.2 cm³/mol. The lowest BCUT2D eigenvalue weighted by Crippen LogP contribution is -2.42. The van der Waals surface area contributed by atoms with E-state index in [0.29, 0.717) is 19.5 Å². The standard InChI is InChI=1S/C19H26N2O3/c1-13-17(16-7-3-4-8-18(16)20(13)2)10-15(22)12-21-9-5-6-14(11-21)19(23)24/h3-4,7-8,14-15,22H,5-6,9-12H2,1-2H3,(H,23,24). The molecule has 0 spiro atoms. The van der Waals surface area contributed by atoms with E-state index in [4.69, 9.17) is 0 Å². The molecule has 2 heterocycles. The average Bonchev–Trinajstić information content (AvgIpc) is 2.80. The number of aliphatic carboxylic acids is 1. The molecule has 0 saturated carbocycles. The number of carboxylic acids is 1. The van der Waals surface area contributed by atoms with Crippen molar-refractivity contribution in [2.24, 2.45) is 13.0 Å². The van der Waals surface area contributed by atoms with Gasteiger partial charge in [0.2, 0.25) is 0 Å². The molecule has 1 aromatic heterocycles. The molecule has 0 aliphatic carbocycles. The smallest absolute Gasteiger partial charge is 0.307 e. The van der Waals surface area contributed by atoms with E-state index in [1.54, 1.807) is 0 Å². The van der Waals surface area contributed by atoms with Crippen molar-refractivity contribution in [1.29, 1.82) is 0 Å². The van der Waals surface area contributed by atoms with E-state index in [-0.39, 0.29) is 5.92 Å². The number of β-amino-alcohol motifs (C(OH)–C–C–N with tert-alkyl or cyclic N) is 1. The van der Waals surface area contributed by atoms with Gasteiger partial charge >= 0.3 is 5.97 Å². The van der Waals surface area contributed by atoms with Crippen LogP contribution in [-0.2, 0) is 18.3 Å². The van der Waals surface area contributed by atoms with Crippen molar-refractivity contribution in [3.63, 3.8) is 0 Å². The number of hydrogen-bond acceptors (Lipinski definition) is 3. The molecule has 1 aromatic carbocycles. The van der Waals surface area contributed by atoms with Crippen LogP contribution in [0, 0.1) is 12.8 Å². The van der Waals surface area contributed by atoms with Gasteiger partial charge < -0.3 is 14.8 Å². The van der Waals surface area contributed by atoms with Crippen molar-refractivity contribution in [3.05, 3.63) is 35.5 Å². The molecule has 5 nitrogen and oxygen atoms in total. The second-order valence-electron chi connectivity index (χ2n) is 6.94. The highest BCUT2D eigenvalue weighted by atomic mass is 16.4. The van der Waals surface area contributed by atoms with Crippen LogP contribution in [0.1, 0.15) is 24.1 Å². The lowest BCUT2D eigenvalue weighted by molar-refractivity contribution is -0.143. The molecule has 1 saturated heterocycles.